The number of rotatable bonds is 2. The van der Waals surface area contributed by atoms with Gasteiger partial charge in [-0.05, 0) is 6.08 Å². The van der Waals surface area contributed by atoms with Crippen molar-refractivity contribution in [3.8, 4) is 0 Å². The van der Waals surface area contributed by atoms with E-state index in [0.29, 0.717) is 5.76 Å². The molecule has 0 aromatic heterocycles. The zero-order chi connectivity index (χ0) is 9.14. The summed E-state index contributed by atoms with van der Waals surface area (Å²) in [6.07, 6.45) is 3.03. The second kappa shape index (κ2) is 3.30. The molecule has 1 aliphatic carbocycles. The molecule has 12 heavy (non-hydrogen) atoms. The summed E-state index contributed by atoms with van der Waals surface area (Å²) < 4.78 is 4.80. The summed E-state index contributed by atoms with van der Waals surface area (Å²) in [4.78, 5) is 10.5. The van der Waals surface area contributed by atoms with E-state index in [1.807, 2.05) is 0 Å². The predicted octanol–water partition coefficient (Wildman–Crippen LogP) is 1.06. The normalized spacial score (nSPS) is 22.6. The van der Waals surface area contributed by atoms with Gasteiger partial charge >= 0.3 is 5.97 Å². The van der Waals surface area contributed by atoms with Gasteiger partial charge in [0.05, 0.1) is 18.8 Å². The van der Waals surface area contributed by atoms with E-state index in [2.05, 4.69) is 0 Å². The Labute approximate surface area is 69.8 Å². The lowest BCUT2D eigenvalue weighted by Gasteiger charge is -2.14. The standard InChI is InChI=1S/C8H10O4/c1-12-7-3-5(8(10)11)2-6(9)4-7/h3-5,9H,2H2,1H3,(H,10,11). The number of aliphatic hydroxyl groups is 1. The van der Waals surface area contributed by atoms with Crippen LogP contribution in [0.2, 0.25) is 0 Å². The van der Waals surface area contributed by atoms with Gasteiger partial charge in [-0.25, -0.2) is 0 Å². The zero-order valence-electron chi connectivity index (χ0n) is 6.65. The lowest BCUT2D eigenvalue weighted by Crippen LogP contribution is -2.15. The minimum atomic E-state index is -0.954. The molecule has 0 saturated carbocycles. The zero-order valence-corrected chi connectivity index (χ0v) is 6.65. The Bertz CT molecular complexity index is 252. The van der Waals surface area contributed by atoms with Crippen LogP contribution in [0.5, 0.6) is 0 Å². The molecule has 0 aliphatic heterocycles. The highest BCUT2D eigenvalue weighted by atomic mass is 16.5. The Morgan fingerprint density at radius 3 is 2.92 bits per heavy atom. The lowest BCUT2D eigenvalue weighted by atomic mass is 9.99. The van der Waals surface area contributed by atoms with E-state index in [9.17, 15) is 4.79 Å². The molecule has 4 nitrogen and oxygen atoms in total. The van der Waals surface area contributed by atoms with Crippen LogP contribution >= 0.6 is 0 Å². The summed E-state index contributed by atoms with van der Waals surface area (Å²) in [5.41, 5.74) is 0. The first-order valence-corrected chi connectivity index (χ1v) is 3.51. The average molecular weight is 170 g/mol. The maximum atomic E-state index is 10.5. The first-order chi connectivity index (χ1) is 5.63. The quantitative estimate of drug-likeness (QED) is 0.650. The molecule has 0 heterocycles. The molecule has 0 amide bonds. The Hall–Kier alpha value is -1.45. The van der Waals surface area contributed by atoms with Gasteiger partial charge in [0.2, 0.25) is 0 Å². The fourth-order valence-corrected chi connectivity index (χ4v) is 1.04. The van der Waals surface area contributed by atoms with Crippen molar-refractivity contribution in [1.29, 1.82) is 0 Å². The number of ether oxygens (including phenoxy) is 1. The van der Waals surface area contributed by atoms with Crippen molar-refractivity contribution >= 4 is 5.97 Å². The summed E-state index contributed by atoms with van der Waals surface area (Å²) in [5.74, 6) is -1.19. The molecule has 1 aliphatic rings. The molecule has 66 valence electrons. The molecule has 0 bridgehead atoms. The maximum absolute atomic E-state index is 10.5. The fraction of sp³-hybridized carbons (Fsp3) is 0.375. The number of allylic oxidation sites excluding steroid dienone is 2. The Balaban J connectivity index is 2.81. The van der Waals surface area contributed by atoms with E-state index in [0.717, 1.165) is 0 Å². The summed E-state index contributed by atoms with van der Waals surface area (Å²) in [7, 11) is 1.43. The van der Waals surface area contributed by atoms with Gasteiger partial charge in [-0.2, -0.15) is 0 Å². The third-order valence-corrected chi connectivity index (χ3v) is 1.66. The van der Waals surface area contributed by atoms with Crippen molar-refractivity contribution in [1.82, 2.24) is 0 Å². The van der Waals surface area contributed by atoms with Crippen molar-refractivity contribution in [3.05, 3.63) is 23.7 Å². The van der Waals surface area contributed by atoms with Crippen LogP contribution in [0.3, 0.4) is 0 Å². The van der Waals surface area contributed by atoms with Gasteiger partial charge < -0.3 is 14.9 Å². The van der Waals surface area contributed by atoms with Gasteiger partial charge in [-0.1, -0.05) is 0 Å². The van der Waals surface area contributed by atoms with E-state index in [4.69, 9.17) is 14.9 Å². The van der Waals surface area contributed by atoms with Gasteiger partial charge in [0, 0.05) is 12.5 Å². The molecule has 1 rings (SSSR count). The van der Waals surface area contributed by atoms with Gasteiger partial charge in [-0.15, -0.1) is 0 Å². The molecular formula is C8H10O4. The minimum Gasteiger partial charge on any atom is -0.512 e. The van der Waals surface area contributed by atoms with Crippen molar-refractivity contribution in [2.45, 2.75) is 6.42 Å². The molecule has 0 fully saturated rings. The Morgan fingerprint density at radius 1 is 1.75 bits per heavy atom. The van der Waals surface area contributed by atoms with Crippen molar-refractivity contribution in [3.63, 3.8) is 0 Å². The molecule has 0 radical (unpaired) electrons. The third-order valence-electron chi connectivity index (χ3n) is 1.66. The van der Waals surface area contributed by atoms with Crippen LogP contribution in [0, 0.1) is 5.92 Å². The first kappa shape index (κ1) is 8.64. The van der Waals surface area contributed by atoms with E-state index in [1.54, 1.807) is 0 Å². The van der Waals surface area contributed by atoms with Crippen LogP contribution in [0.4, 0.5) is 0 Å². The number of hydrogen-bond donors (Lipinski definition) is 2. The Morgan fingerprint density at radius 2 is 2.42 bits per heavy atom. The monoisotopic (exact) mass is 170 g/mol. The number of carboxylic acid groups (broad SMARTS) is 1. The molecule has 1 atom stereocenters. The van der Waals surface area contributed by atoms with E-state index >= 15 is 0 Å². The second-order valence-corrected chi connectivity index (χ2v) is 2.56. The van der Waals surface area contributed by atoms with E-state index in [1.165, 1.54) is 19.3 Å². The smallest absolute Gasteiger partial charge is 0.310 e. The van der Waals surface area contributed by atoms with E-state index < -0.39 is 11.9 Å². The third kappa shape index (κ3) is 1.78. The molecule has 0 aromatic carbocycles. The van der Waals surface area contributed by atoms with Gasteiger partial charge in [0.1, 0.15) is 5.76 Å². The molecule has 0 saturated heterocycles. The molecule has 0 aromatic rings. The SMILES string of the molecule is COC1=CC(C(=O)O)CC(O)=C1. The van der Waals surface area contributed by atoms with Crippen molar-refractivity contribution in [2.75, 3.05) is 7.11 Å². The maximum Gasteiger partial charge on any atom is 0.310 e. The van der Waals surface area contributed by atoms with E-state index in [-0.39, 0.29) is 12.2 Å². The molecule has 4 heteroatoms. The molecule has 1 unspecified atom stereocenters. The summed E-state index contributed by atoms with van der Waals surface area (Å²) >= 11 is 0. The van der Waals surface area contributed by atoms with Crippen LogP contribution in [0.25, 0.3) is 0 Å². The number of aliphatic hydroxyl groups excluding tert-OH is 1. The average Bonchev–Trinajstić information content (AvgIpc) is 2.03. The first-order valence-electron chi connectivity index (χ1n) is 3.51. The van der Waals surface area contributed by atoms with Gasteiger partial charge in [-0.3, -0.25) is 4.79 Å². The lowest BCUT2D eigenvalue weighted by molar-refractivity contribution is -0.140. The molecule has 0 spiro atoms. The Kier molecular flexibility index (Phi) is 2.38. The highest BCUT2D eigenvalue weighted by molar-refractivity contribution is 5.73. The highest BCUT2D eigenvalue weighted by Crippen LogP contribution is 2.21. The largest absolute Gasteiger partial charge is 0.512 e. The fourth-order valence-electron chi connectivity index (χ4n) is 1.04. The summed E-state index contributed by atoms with van der Waals surface area (Å²) in [6, 6.07) is 0. The number of hydrogen-bond acceptors (Lipinski definition) is 3. The van der Waals surface area contributed by atoms with Gasteiger partial charge in [0.25, 0.3) is 0 Å². The van der Waals surface area contributed by atoms with Crippen LogP contribution in [0.1, 0.15) is 6.42 Å². The summed E-state index contributed by atoms with van der Waals surface area (Å²) in [6.45, 7) is 0. The topological polar surface area (TPSA) is 66.8 Å². The second-order valence-electron chi connectivity index (χ2n) is 2.56. The van der Waals surface area contributed by atoms with Crippen LogP contribution < -0.4 is 0 Å². The number of carboxylic acids is 1. The molecule has 2 N–H and O–H groups in total. The number of carbonyl (C=O) groups is 1. The van der Waals surface area contributed by atoms with Crippen LogP contribution in [-0.2, 0) is 9.53 Å². The highest BCUT2D eigenvalue weighted by Gasteiger charge is 2.21. The number of aliphatic carboxylic acids is 1. The van der Waals surface area contributed by atoms with Gasteiger partial charge in [0.15, 0.2) is 0 Å². The summed E-state index contributed by atoms with van der Waals surface area (Å²) in [5, 5.41) is 17.7. The predicted molar refractivity (Wildman–Crippen MR) is 41.5 cm³/mol. The van der Waals surface area contributed by atoms with Crippen molar-refractivity contribution in [2.24, 2.45) is 5.92 Å². The van der Waals surface area contributed by atoms with Crippen molar-refractivity contribution < 1.29 is 19.7 Å². The van der Waals surface area contributed by atoms with Crippen LogP contribution in [-0.4, -0.2) is 23.3 Å². The molecular weight excluding hydrogens is 160 g/mol. The minimum absolute atomic E-state index is 0.0433. The van der Waals surface area contributed by atoms with Crippen LogP contribution in [0.15, 0.2) is 23.7 Å². The number of methoxy groups -OCH3 is 1.